The van der Waals surface area contributed by atoms with Crippen molar-refractivity contribution < 1.29 is 17.2 Å². The molecule has 0 amide bonds. The Labute approximate surface area is 94.7 Å². The molecule has 0 fully saturated rings. The van der Waals surface area contributed by atoms with Crippen molar-refractivity contribution in [3.63, 3.8) is 0 Å². The van der Waals surface area contributed by atoms with Crippen LogP contribution in [-0.2, 0) is 9.84 Å². The highest BCUT2D eigenvalue weighted by molar-refractivity contribution is 7.93. The third-order valence-electron chi connectivity index (χ3n) is 2.00. The van der Waals surface area contributed by atoms with E-state index in [2.05, 4.69) is 4.98 Å². The van der Waals surface area contributed by atoms with E-state index in [4.69, 9.17) is 0 Å². The Morgan fingerprint density at radius 3 is 2.69 bits per heavy atom. The molecule has 16 heavy (non-hydrogen) atoms. The summed E-state index contributed by atoms with van der Waals surface area (Å²) in [4.78, 5) is 3.70. The van der Waals surface area contributed by atoms with Crippen molar-refractivity contribution in [3.8, 4) is 0 Å². The van der Waals surface area contributed by atoms with E-state index in [1.807, 2.05) is 6.92 Å². The smallest absolute Gasteiger partial charge is 0.225 e. The molecule has 0 aliphatic heterocycles. The highest BCUT2D eigenvalue weighted by Crippen LogP contribution is 2.29. The van der Waals surface area contributed by atoms with Gasteiger partial charge < -0.3 is 0 Å². The van der Waals surface area contributed by atoms with Gasteiger partial charge in [-0.15, -0.1) is 11.3 Å². The summed E-state index contributed by atoms with van der Waals surface area (Å²) >= 11 is 0.768. The van der Waals surface area contributed by atoms with Gasteiger partial charge in [0.05, 0.1) is 10.2 Å². The summed E-state index contributed by atoms with van der Waals surface area (Å²) < 4.78 is 47.0. The molecule has 0 saturated heterocycles. The van der Waals surface area contributed by atoms with Crippen molar-refractivity contribution in [1.29, 1.82) is 0 Å². The molecule has 86 valence electrons. The lowest BCUT2D eigenvalue weighted by molar-refractivity contribution is 0.234. The molecule has 0 radical (unpaired) electrons. The standard InChI is InChI=1S/C9H7F2NO2S2/c1-5-2-3-6-7(4-5)15-9(12-6)16(13,14)8(10)11/h2-4,8H,1H3. The number of halogens is 2. The molecule has 0 saturated carbocycles. The van der Waals surface area contributed by atoms with Gasteiger partial charge in [-0.05, 0) is 24.6 Å². The number of nitrogens with zero attached hydrogens (tertiary/aromatic N) is 1. The molecule has 0 spiro atoms. The van der Waals surface area contributed by atoms with Gasteiger partial charge in [-0.25, -0.2) is 13.4 Å². The molecule has 1 aromatic heterocycles. The fourth-order valence-corrected chi connectivity index (χ4v) is 3.33. The van der Waals surface area contributed by atoms with Crippen molar-refractivity contribution in [2.24, 2.45) is 0 Å². The van der Waals surface area contributed by atoms with Crippen molar-refractivity contribution in [2.45, 2.75) is 17.0 Å². The van der Waals surface area contributed by atoms with E-state index >= 15 is 0 Å². The first kappa shape index (κ1) is 11.4. The Morgan fingerprint density at radius 2 is 2.06 bits per heavy atom. The lowest BCUT2D eigenvalue weighted by atomic mass is 10.2. The Bertz CT molecular complexity index is 634. The van der Waals surface area contributed by atoms with Gasteiger partial charge in [0, 0.05) is 0 Å². The molecule has 0 aliphatic rings. The number of benzene rings is 1. The highest BCUT2D eigenvalue weighted by atomic mass is 32.2. The van der Waals surface area contributed by atoms with Crippen LogP contribution in [0.15, 0.2) is 22.5 Å². The van der Waals surface area contributed by atoms with E-state index in [0.717, 1.165) is 16.9 Å². The second kappa shape index (κ2) is 3.74. The SMILES string of the molecule is Cc1ccc2nc(S(=O)(=O)C(F)F)sc2c1. The molecule has 1 aromatic carbocycles. The van der Waals surface area contributed by atoms with E-state index in [9.17, 15) is 17.2 Å². The summed E-state index contributed by atoms with van der Waals surface area (Å²) in [6.45, 7) is 1.83. The second-order valence-electron chi connectivity index (χ2n) is 3.26. The summed E-state index contributed by atoms with van der Waals surface area (Å²) in [5, 5.41) is 0. The lowest BCUT2D eigenvalue weighted by Crippen LogP contribution is -2.10. The van der Waals surface area contributed by atoms with Crippen LogP contribution in [0.5, 0.6) is 0 Å². The van der Waals surface area contributed by atoms with Gasteiger partial charge in [-0.1, -0.05) is 6.07 Å². The number of fused-ring (bicyclic) bond motifs is 1. The van der Waals surface area contributed by atoms with Gasteiger partial charge in [-0.3, -0.25) is 0 Å². The predicted molar refractivity (Wildman–Crippen MR) is 57.5 cm³/mol. The summed E-state index contributed by atoms with van der Waals surface area (Å²) in [5.41, 5.74) is 1.35. The molecule has 3 nitrogen and oxygen atoms in total. The van der Waals surface area contributed by atoms with Crippen LogP contribution in [0.3, 0.4) is 0 Å². The average molecular weight is 263 g/mol. The number of rotatable bonds is 2. The summed E-state index contributed by atoms with van der Waals surface area (Å²) in [7, 11) is -4.58. The first-order valence-electron chi connectivity index (χ1n) is 4.30. The fourth-order valence-electron chi connectivity index (χ4n) is 1.21. The zero-order valence-corrected chi connectivity index (χ0v) is 9.78. The summed E-state index contributed by atoms with van der Waals surface area (Å²) in [5.74, 6) is -3.42. The van der Waals surface area contributed by atoms with Gasteiger partial charge in [0.1, 0.15) is 0 Å². The Kier molecular flexibility index (Phi) is 2.67. The van der Waals surface area contributed by atoms with Crippen molar-refractivity contribution >= 4 is 31.4 Å². The summed E-state index contributed by atoms with van der Waals surface area (Å²) in [6.07, 6.45) is 0. The number of aryl methyl sites for hydroxylation is 1. The largest absolute Gasteiger partial charge is 0.343 e. The van der Waals surface area contributed by atoms with E-state index in [1.54, 1.807) is 18.2 Å². The fraction of sp³-hybridized carbons (Fsp3) is 0.222. The number of aromatic nitrogens is 1. The quantitative estimate of drug-likeness (QED) is 0.836. The Balaban J connectivity index is 2.65. The highest BCUT2D eigenvalue weighted by Gasteiger charge is 2.30. The number of hydrogen-bond donors (Lipinski definition) is 0. The monoisotopic (exact) mass is 263 g/mol. The third-order valence-corrected chi connectivity index (χ3v) is 4.81. The van der Waals surface area contributed by atoms with E-state index in [1.165, 1.54) is 0 Å². The van der Waals surface area contributed by atoms with Gasteiger partial charge in [0.15, 0.2) is 0 Å². The molecule has 0 aliphatic carbocycles. The van der Waals surface area contributed by atoms with Crippen molar-refractivity contribution in [3.05, 3.63) is 23.8 Å². The minimum absolute atomic E-state index is 0.426. The van der Waals surface area contributed by atoms with Crippen LogP contribution in [-0.4, -0.2) is 19.2 Å². The zero-order chi connectivity index (χ0) is 11.9. The van der Waals surface area contributed by atoms with Gasteiger partial charge in [-0.2, -0.15) is 8.78 Å². The van der Waals surface area contributed by atoms with Crippen molar-refractivity contribution in [1.82, 2.24) is 4.98 Å². The average Bonchev–Trinajstić information content (AvgIpc) is 2.60. The van der Waals surface area contributed by atoms with Crippen LogP contribution in [0.2, 0.25) is 0 Å². The molecule has 0 unspecified atom stereocenters. The maximum Gasteiger partial charge on any atom is 0.343 e. The second-order valence-corrected chi connectivity index (χ2v) is 6.38. The minimum Gasteiger partial charge on any atom is -0.225 e. The van der Waals surface area contributed by atoms with Crippen LogP contribution < -0.4 is 0 Å². The van der Waals surface area contributed by atoms with E-state index in [0.29, 0.717) is 10.2 Å². The number of sulfone groups is 1. The molecular formula is C9H7F2NO2S2. The van der Waals surface area contributed by atoms with Gasteiger partial charge in [0.2, 0.25) is 4.34 Å². The van der Waals surface area contributed by atoms with E-state index in [-0.39, 0.29) is 0 Å². The molecule has 1 heterocycles. The molecule has 2 aromatic rings. The van der Waals surface area contributed by atoms with Crippen LogP contribution in [0.4, 0.5) is 8.78 Å². The Morgan fingerprint density at radius 1 is 1.38 bits per heavy atom. The Hall–Kier alpha value is -1.08. The number of thiazole rings is 1. The molecule has 0 atom stereocenters. The lowest BCUT2D eigenvalue weighted by Gasteiger charge is -1.95. The minimum atomic E-state index is -4.58. The number of hydrogen-bond acceptors (Lipinski definition) is 4. The maximum atomic E-state index is 12.3. The number of alkyl halides is 2. The van der Waals surface area contributed by atoms with Gasteiger partial charge in [0.25, 0.3) is 9.84 Å². The summed E-state index contributed by atoms with van der Waals surface area (Å²) in [6, 6.07) is 5.09. The predicted octanol–water partition coefficient (Wildman–Crippen LogP) is 2.60. The van der Waals surface area contributed by atoms with Crippen molar-refractivity contribution in [2.75, 3.05) is 0 Å². The molecule has 0 N–H and O–H groups in total. The van der Waals surface area contributed by atoms with Gasteiger partial charge >= 0.3 is 5.76 Å². The first-order chi connectivity index (χ1) is 7.41. The van der Waals surface area contributed by atoms with Crippen LogP contribution >= 0.6 is 11.3 Å². The maximum absolute atomic E-state index is 12.3. The molecular weight excluding hydrogens is 256 g/mol. The zero-order valence-electron chi connectivity index (χ0n) is 8.15. The van der Waals surface area contributed by atoms with Crippen LogP contribution in [0.25, 0.3) is 10.2 Å². The third kappa shape index (κ3) is 1.80. The van der Waals surface area contributed by atoms with Crippen LogP contribution in [0, 0.1) is 6.92 Å². The van der Waals surface area contributed by atoms with E-state index < -0.39 is 19.9 Å². The topological polar surface area (TPSA) is 47.0 Å². The normalized spacial score (nSPS) is 12.5. The first-order valence-corrected chi connectivity index (χ1v) is 6.67. The van der Waals surface area contributed by atoms with Crippen LogP contribution in [0.1, 0.15) is 5.56 Å². The molecule has 0 bridgehead atoms. The molecule has 7 heteroatoms. The molecule has 2 rings (SSSR count).